The summed E-state index contributed by atoms with van der Waals surface area (Å²) in [6, 6.07) is 12.4. The lowest BCUT2D eigenvalue weighted by Gasteiger charge is -2.35. The van der Waals surface area contributed by atoms with Gasteiger partial charge in [0.25, 0.3) is 11.8 Å². The van der Waals surface area contributed by atoms with Crippen molar-refractivity contribution in [1.82, 2.24) is 4.90 Å². The van der Waals surface area contributed by atoms with Crippen LogP contribution < -0.4 is 24.4 Å². The van der Waals surface area contributed by atoms with Crippen LogP contribution in [0.4, 0.5) is 11.4 Å². The fourth-order valence-electron chi connectivity index (χ4n) is 3.93. The maximum Gasteiger partial charge on any atom is 0.267 e. The molecule has 34 heavy (non-hydrogen) atoms. The second-order valence-electron chi connectivity index (χ2n) is 8.13. The average Bonchev–Trinajstić information content (AvgIpc) is 2.85. The zero-order valence-electron chi connectivity index (χ0n) is 19.6. The summed E-state index contributed by atoms with van der Waals surface area (Å²) in [5.41, 5.74) is 1.22. The Morgan fingerprint density at radius 3 is 2.47 bits per heavy atom. The molecule has 4 rings (SSSR count). The number of amides is 2. The lowest BCUT2D eigenvalue weighted by atomic mass is 10.1. The van der Waals surface area contributed by atoms with E-state index in [1.165, 1.54) is 0 Å². The van der Waals surface area contributed by atoms with Crippen LogP contribution in [0, 0.1) is 0 Å². The Morgan fingerprint density at radius 1 is 1.06 bits per heavy atom. The van der Waals surface area contributed by atoms with Crippen molar-refractivity contribution in [3.05, 3.63) is 42.5 Å². The van der Waals surface area contributed by atoms with E-state index < -0.39 is 6.10 Å². The first kappa shape index (κ1) is 23.8. The van der Waals surface area contributed by atoms with Crippen LogP contribution in [-0.2, 0) is 14.3 Å². The third-order valence-corrected chi connectivity index (χ3v) is 5.70. The van der Waals surface area contributed by atoms with Crippen molar-refractivity contribution in [3.8, 4) is 17.2 Å². The van der Waals surface area contributed by atoms with Gasteiger partial charge in [-0.1, -0.05) is 0 Å². The first-order chi connectivity index (χ1) is 16.5. The number of fused-ring (bicyclic) bond motifs is 1. The number of carbonyl (C=O) groups excluding carboxylic acids is 2. The van der Waals surface area contributed by atoms with Gasteiger partial charge in [0.1, 0.15) is 17.2 Å². The van der Waals surface area contributed by atoms with E-state index in [2.05, 4.69) is 10.2 Å². The van der Waals surface area contributed by atoms with Crippen LogP contribution >= 0.6 is 0 Å². The number of hydrogen-bond acceptors (Lipinski definition) is 7. The highest BCUT2D eigenvalue weighted by atomic mass is 16.5. The van der Waals surface area contributed by atoms with Crippen LogP contribution in [-0.4, -0.2) is 75.4 Å². The molecule has 1 fully saturated rings. The molecule has 0 spiro atoms. The topological polar surface area (TPSA) is 89.6 Å². The van der Waals surface area contributed by atoms with Crippen LogP contribution in [0.15, 0.2) is 42.5 Å². The van der Waals surface area contributed by atoms with Crippen LogP contribution in [0.5, 0.6) is 17.2 Å². The fraction of sp³-hybridized carbons (Fsp3) is 0.440. The minimum Gasteiger partial charge on any atom is -0.494 e. The molecule has 2 heterocycles. The molecule has 1 unspecified atom stereocenters. The predicted octanol–water partition coefficient (Wildman–Crippen LogP) is 2.55. The van der Waals surface area contributed by atoms with Gasteiger partial charge in [-0.3, -0.25) is 14.5 Å². The molecule has 1 N–H and O–H groups in total. The third-order valence-electron chi connectivity index (χ3n) is 5.70. The largest absolute Gasteiger partial charge is 0.494 e. The van der Waals surface area contributed by atoms with Gasteiger partial charge in [-0.2, -0.15) is 0 Å². The Morgan fingerprint density at radius 2 is 1.76 bits per heavy atom. The van der Waals surface area contributed by atoms with E-state index >= 15 is 0 Å². The second kappa shape index (κ2) is 11.2. The smallest absolute Gasteiger partial charge is 0.267 e. The number of nitrogens with one attached hydrogen (secondary N) is 1. The van der Waals surface area contributed by atoms with E-state index in [1.807, 2.05) is 6.92 Å². The molecular formula is C25H31N3O6. The quantitative estimate of drug-likeness (QED) is 0.604. The van der Waals surface area contributed by atoms with Gasteiger partial charge in [0.15, 0.2) is 12.7 Å². The number of anilines is 2. The molecule has 0 aromatic heterocycles. The number of hydrogen-bond donors (Lipinski definition) is 1. The first-order valence-electron chi connectivity index (χ1n) is 11.6. The standard InChI is InChI=1S/C25H31N3O6/c1-3-32-20-5-7-21(8-6-20)33-17-24(29)26-19-4-9-23-22(16-19)28(25(30)18(2)34-23)11-10-27-12-14-31-15-13-27/h4-9,16,18H,3,10-15,17H2,1-2H3,(H,26,29). The van der Waals surface area contributed by atoms with Gasteiger partial charge in [0.05, 0.1) is 25.5 Å². The number of benzene rings is 2. The highest BCUT2D eigenvalue weighted by Crippen LogP contribution is 2.36. The molecule has 0 radical (unpaired) electrons. The van der Waals surface area contributed by atoms with Gasteiger partial charge < -0.3 is 29.2 Å². The van der Waals surface area contributed by atoms with E-state index in [0.717, 1.165) is 25.4 Å². The van der Waals surface area contributed by atoms with Gasteiger partial charge >= 0.3 is 0 Å². The van der Waals surface area contributed by atoms with Crippen molar-refractivity contribution in [2.24, 2.45) is 0 Å². The molecule has 9 heteroatoms. The van der Waals surface area contributed by atoms with Gasteiger partial charge in [0.2, 0.25) is 0 Å². The minimum atomic E-state index is -0.555. The Hall–Kier alpha value is -3.30. The lowest BCUT2D eigenvalue weighted by Crippen LogP contribution is -2.48. The lowest BCUT2D eigenvalue weighted by molar-refractivity contribution is -0.125. The third kappa shape index (κ3) is 5.98. The van der Waals surface area contributed by atoms with Gasteiger partial charge in [-0.25, -0.2) is 0 Å². The SMILES string of the molecule is CCOc1ccc(OCC(=O)Nc2ccc3c(c2)N(CCN2CCOCC2)C(=O)C(C)O3)cc1. The molecule has 0 aliphatic carbocycles. The molecule has 1 saturated heterocycles. The summed E-state index contributed by atoms with van der Waals surface area (Å²) in [6.45, 7) is 8.52. The molecule has 2 amide bonds. The molecule has 2 aromatic rings. The van der Waals surface area contributed by atoms with Crippen molar-refractivity contribution in [1.29, 1.82) is 0 Å². The van der Waals surface area contributed by atoms with Gasteiger partial charge in [0, 0.05) is 31.9 Å². The summed E-state index contributed by atoms with van der Waals surface area (Å²) in [7, 11) is 0. The number of rotatable bonds is 9. The normalized spacial score (nSPS) is 18.1. The molecule has 1 atom stereocenters. The van der Waals surface area contributed by atoms with Crippen LogP contribution in [0.25, 0.3) is 0 Å². The van der Waals surface area contributed by atoms with E-state index in [9.17, 15) is 9.59 Å². The van der Waals surface area contributed by atoms with E-state index in [-0.39, 0.29) is 18.4 Å². The van der Waals surface area contributed by atoms with Gasteiger partial charge in [-0.15, -0.1) is 0 Å². The maximum absolute atomic E-state index is 12.9. The van der Waals surface area contributed by atoms with E-state index in [1.54, 1.807) is 54.3 Å². The summed E-state index contributed by atoms with van der Waals surface area (Å²) < 4.78 is 22.2. The van der Waals surface area contributed by atoms with Crippen molar-refractivity contribution < 1.29 is 28.5 Å². The van der Waals surface area contributed by atoms with Crippen LogP contribution in [0.3, 0.4) is 0 Å². The van der Waals surface area contributed by atoms with Crippen molar-refractivity contribution in [2.45, 2.75) is 20.0 Å². The molecular weight excluding hydrogens is 438 g/mol. The Kier molecular flexibility index (Phi) is 7.87. The summed E-state index contributed by atoms with van der Waals surface area (Å²) in [4.78, 5) is 29.3. The Bertz CT molecular complexity index is 991. The summed E-state index contributed by atoms with van der Waals surface area (Å²) in [6.07, 6.45) is -0.555. The number of ether oxygens (including phenoxy) is 4. The maximum atomic E-state index is 12.9. The molecule has 0 bridgehead atoms. The zero-order valence-corrected chi connectivity index (χ0v) is 19.6. The summed E-state index contributed by atoms with van der Waals surface area (Å²) in [5, 5.41) is 2.84. The summed E-state index contributed by atoms with van der Waals surface area (Å²) >= 11 is 0. The highest BCUT2D eigenvalue weighted by molar-refractivity contribution is 6.01. The molecule has 2 aromatic carbocycles. The second-order valence-corrected chi connectivity index (χ2v) is 8.13. The minimum absolute atomic E-state index is 0.0944. The van der Waals surface area contributed by atoms with Crippen molar-refractivity contribution in [3.63, 3.8) is 0 Å². The number of carbonyl (C=O) groups is 2. The van der Waals surface area contributed by atoms with Crippen molar-refractivity contribution in [2.75, 3.05) is 62.8 Å². The zero-order chi connectivity index (χ0) is 23.9. The molecule has 0 saturated carbocycles. The highest BCUT2D eigenvalue weighted by Gasteiger charge is 2.32. The van der Waals surface area contributed by atoms with E-state index in [4.69, 9.17) is 18.9 Å². The fourth-order valence-corrected chi connectivity index (χ4v) is 3.93. The number of nitrogens with zero attached hydrogens (tertiary/aromatic N) is 2. The average molecular weight is 470 g/mol. The van der Waals surface area contributed by atoms with E-state index in [0.29, 0.717) is 49.2 Å². The predicted molar refractivity (Wildman–Crippen MR) is 128 cm³/mol. The molecule has 9 nitrogen and oxygen atoms in total. The van der Waals surface area contributed by atoms with Gasteiger partial charge in [-0.05, 0) is 56.3 Å². The first-order valence-corrected chi connectivity index (χ1v) is 11.6. The van der Waals surface area contributed by atoms with Crippen molar-refractivity contribution >= 4 is 23.2 Å². The van der Waals surface area contributed by atoms with Crippen LogP contribution in [0.2, 0.25) is 0 Å². The molecule has 182 valence electrons. The van der Waals surface area contributed by atoms with Crippen LogP contribution in [0.1, 0.15) is 13.8 Å². The summed E-state index contributed by atoms with van der Waals surface area (Å²) in [5.74, 6) is 1.55. The Balaban J connectivity index is 1.38. The number of morpholine rings is 1. The Labute approximate surface area is 199 Å². The monoisotopic (exact) mass is 469 g/mol. The molecule has 2 aliphatic rings. The molecule has 2 aliphatic heterocycles.